The van der Waals surface area contributed by atoms with Crippen LogP contribution in [0.15, 0.2) is 60.7 Å². The number of rotatable bonds is 2. The molecule has 0 N–H and O–H groups in total. The van der Waals surface area contributed by atoms with Gasteiger partial charge in [0.25, 0.3) is 0 Å². The zero-order chi connectivity index (χ0) is 15.1. The minimum atomic E-state index is 0.880. The SMILES string of the molecule is COc1ccc2ccc3c4cccc(OC)c4ccc3c2c1. The van der Waals surface area contributed by atoms with E-state index in [9.17, 15) is 0 Å². The third-order valence-electron chi connectivity index (χ3n) is 4.26. The summed E-state index contributed by atoms with van der Waals surface area (Å²) in [6.07, 6.45) is 0. The molecule has 2 heteroatoms. The van der Waals surface area contributed by atoms with E-state index in [-0.39, 0.29) is 0 Å². The number of fused-ring (bicyclic) bond motifs is 5. The highest BCUT2D eigenvalue weighted by atomic mass is 16.5. The fraction of sp³-hybridized carbons (Fsp3) is 0.100. The molecule has 0 saturated heterocycles. The molecule has 0 aliphatic carbocycles. The minimum absolute atomic E-state index is 0.880. The lowest BCUT2D eigenvalue weighted by Gasteiger charge is -2.11. The second-order valence-corrected chi connectivity index (χ2v) is 5.37. The van der Waals surface area contributed by atoms with Gasteiger partial charge in [-0.15, -0.1) is 0 Å². The van der Waals surface area contributed by atoms with E-state index in [1.807, 2.05) is 18.2 Å². The van der Waals surface area contributed by atoms with Crippen molar-refractivity contribution in [2.45, 2.75) is 0 Å². The molecule has 0 aromatic heterocycles. The average molecular weight is 288 g/mol. The van der Waals surface area contributed by atoms with Crippen molar-refractivity contribution >= 4 is 32.3 Å². The first-order valence-electron chi connectivity index (χ1n) is 7.28. The van der Waals surface area contributed by atoms with Crippen LogP contribution in [0.3, 0.4) is 0 Å². The molecule has 0 amide bonds. The highest BCUT2D eigenvalue weighted by Gasteiger charge is 2.08. The van der Waals surface area contributed by atoms with E-state index in [4.69, 9.17) is 9.47 Å². The van der Waals surface area contributed by atoms with Crippen LogP contribution in [-0.4, -0.2) is 14.2 Å². The van der Waals surface area contributed by atoms with Gasteiger partial charge in [-0.3, -0.25) is 0 Å². The molecule has 0 saturated carbocycles. The normalized spacial score (nSPS) is 11.2. The third-order valence-corrected chi connectivity index (χ3v) is 4.26. The summed E-state index contributed by atoms with van der Waals surface area (Å²) in [6.45, 7) is 0. The molecule has 22 heavy (non-hydrogen) atoms. The molecule has 4 aromatic rings. The largest absolute Gasteiger partial charge is 0.497 e. The summed E-state index contributed by atoms with van der Waals surface area (Å²) in [6, 6.07) is 21.0. The van der Waals surface area contributed by atoms with Crippen molar-refractivity contribution in [1.82, 2.24) is 0 Å². The van der Waals surface area contributed by atoms with Crippen LogP contribution in [0.5, 0.6) is 11.5 Å². The number of benzene rings is 4. The maximum absolute atomic E-state index is 5.48. The zero-order valence-corrected chi connectivity index (χ0v) is 12.6. The van der Waals surface area contributed by atoms with Gasteiger partial charge in [0.15, 0.2) is 0 Å². The van der Waals surface area contributed by atoms with Gasteiger partial charge >= 0.3 is 0 Å². The lowest BCUT2D eigenvalue weighted by molar-refractivity contribution is 0.415. The van der Waals surface area contributed by atoms with Crippen molar-refractivity contribution in [3.8, 4) is 11.5 Å². The van der Waals surface area contributed by atoms with Gasteiger partial charge in [-0.2, -0.15) is 0 Å². The van der Waals surface area contributed by atoms with Gasteiger partial charge in [0.1, 0.15) is 11.5 Å². The maximum Gasteiger partial charge on any atom is 0.126 e. The monoisotopic (exact) mass is 288 g/mol. The molecule has 0 unspecified atom stereocenters. The first-order chi connectivity index (χ1) is 10.8. The van der Waals surface area contributed by atoms with Crippen molar-refractivity contribution in [3.05, 3.63) is 60.7 Å². The smallest absolute Gasteiger partial charge is 0.126 e. The van der Waals surface area contributed by atoms with Gasteiger partial charge in [0.05, 0.1) is 14.2 Å². The van der Waals surface area contributed by atoms with Crippen LogP contribution in [0.1, 0.15) is 0 Å². The van der Waals surface area contributed by atoms with Crippen molar-refractivity contribution in [3.63, 3.8) is 0 Å². The van der Waals surface area contributed by atoms with Crippen LogP contribution in [0.2, 0.25) is 0 Å². The molecule has 0 fully saturated rings. The van der Waals surface area contributed by atoms with Crippen LogP contribution in [0.4, 0.5) is 0 Å². The Kier molecular flexibility index (Phi) is 2.90. The van der Waals surface area contributed by atoms with Gasteiger partial charge in [0.2, 0.25) is 0 Å². The molecule has 108 valence electrons. The second-order valence-electron chi connectivity index (χ2n) is 5.37. The van der Waals surface area contributed by atoms with Crippen LogP contribution < -0.4 is 9.47 Å². The molecule has 4 aromatic carbocycles. The molecule has 0 atom stereocenters. The molecular weight excluding hydrogens is 272 g/mol. The van der Waals surface area contributed by atoms with Gasteiger partial charge in [-0.1, -0.05) is 36.4 Å². The zero-order valence-electron chi connectivity index (χ0n) is 12.6. The molecule has 0 radical (unpaired) electrons. The van der Waals surface area contributed by atoms with E-state index in [0.29, 0.717) is 0 Å². The molecule has 4 rings (SSSR count). The number of hydrogen-bond acceptors (Lipinski definition) is 2. The Morgan fingerprint density at radius 2 is 1.27 bits per heavy atom. The van der Waals surface area contributed by atoms with Crippen molar-refractivity contribution in [2.24, 2.45) is 0 Å². The van der Waals surface area contributed by atoms with Crippen molar-refractivity contribution < 1.29 is 9.47 Å². The Labute approximate surface area is 128 Å². The van der Waals surface area contributed by atoms with Crippen molar-refractivity contribution in [1.29, 1.82) is 0 Å². The van der Waals surface area contributed by atoms with Crippen LogP contribution in [0, 0.1) is 0 Å². The fourth-order valence-corrected chi connectivity index (χ4v) is 3.16. The van der Waals surface area contributed by atoms with Gasteiger partial charge < -0.3 is 9.47 Å². The maximum atomic E-state index is 5.48. The molecule has 0 bridgehead atoms. The second kappa shape index (κ2) is 4.92. The highest BCUT2D eigenvalue weighted by Crippen LogP contribution is 2.35. The number of hydrogen-bond donors (Lipinski definition) is 0. The average Bonchev–Trinajstić information content (AvgIpc) is 2.59. The lowest BCUT2D eigenvalue weighted by atomic mass is 9.96. The molecule has 0 spiro atoms. The van der Waals surface area contributed by atoms with Gasteiger partial charge in [0, 0.05) is 5.39 Å². The van der Waals surface area contributed by atoms with Gasteiger partial charge in [-0.25, -0.2) is 0 Å². The summed E-state index contributed by atoms with van der Waals surface area (Å²) in [5.74, 6) is 1.79. The molecular formula is C20H16O2. The van der Waals surface area contributed by atoms with Gasteiger partial charge in [-0.05, 0) is 51.2 Å². The van der Waals surface area contributed by atoms with Crippen LogP contribution >= 0.6 is 0 Å². The summed E-state index contributed by atoms with van der Waals surface area (Å²) >= 11 is 0. The summed E-state index contributed by atoms with van der Waals surface area (Å²) in [5, 5.41) is 7.24. The quantitative estimate of drug-likeness (QED) is 0.474. The summed E-state index contributed by atoms with van der Waals surface area (Å²) < 4.78 is 10.9. The first kappa shape index (κ1) is 13.0. The molecule has 2 nitrogen and oxygen atoms in total. The van der Waals surface area contributed by atoms with Crippen molar-refractivity contribution in [2.75, 3.05) is 14.2 Å². The summed E-state index contributed by atoms with van der Waals surface area (Å²) in [4.78, 5) is 0. The predicted molar refractivity (Wildman–Crippen MR) is 92.1 cm³/mol. The first-order valence-corrected chi connectivity index (χ1v) is 7.28. The number of ether oxygens (including phenoxy) is 2. The third kappa shape index (κ3) is 1.81. The van der Waals surface area contributed by atoms with E-state index < -0.39 is 0 Å². The predicted octanol–water partition coefficient (Wildman–Crippen LogP) is 5.16. The highest BCUT2D eigenvalue weighted by molar-refractivity contribution is 6.18. The van der Waals surface area contributed by atoms with E-state index in [1.165, 1.54) is 26.9 Å². The van der Waals surface area contributed by atoms with Crippen LogP contribution in [-0.2, 0) is 0 Å². The lowest BCUT2D eigenvalue weighted by Crippen LogP contribution is -1.87. The summed E-state index contributed by atoms with van der Waals surface area (Å²) in [7, 11) is 3.41. The fourth-order valence-electron chi connectivity index (χ4n) is 3.16. The van der Waals surface area contributed by atoms with E-state index in [0.717, 1.165) is 16.9 Å². The molecule has 0 aliphatic rings. The number of methoxy groups -OCH3 is 2. The molecule has 0 aliphatic heterocycles. The Balaban J connectivity index is 2.17. The standard InChI is InChI=1S/C20H16O2/c1-21-14-8-6-13-7-9-16-15-4-3-5-20(22-2)18(15)11-10-17(16)19(13)12-14/h3-12H,1-2H3. The minimum Gasteiger partial charge on any atom is -0.497 e. The van der Waals surface area contributed by atoms with E-state index in [2.05, 4.69) is 42.5 Å². The summed E-state index contributed by atoms with van der Waals surface area (Å²) in [5.41, 5.74) is 0. The van der Waals surface area contributed by atoms with Crippen LogP contribution in [0.25, 0.3) is 32.3 Å². The topological polar surface area (TPSA) is 18.5 Å². The Morgan fingerprint density at radius 1 is 0.591 bits per heavy atom. The van der Waals surface area contributed by atoms with E-state index in [1.54, 1.807) is 14.2 Å². The Hall–Kier alpha value is -2.74. The Bertz CT molecular complexity index is 997. The molecule has 0 heterocycles. The van der Waals surface area contributed by atoms with E-state index >= 15 is 0 Å². The Morgan fingerprint density at radius 3 is 2.09 bits per heavy atom.